The van der Waals surface area contributed by atoms with Crippen molar-refractivity contribution in [3.63, 3.8) is 0 Å². The minimum Gasteiger partial charge on any atom is -0.462 e. The summed E-state index contributed by atoms with van der Waals surface area (Å²) < 4.78 is 10.6. The fraction of sp³-hybridized carbons (Fsp3) is 0.565. The molecule has 1 heterocycles. The van der Waals surface area contributed by atoms with Crippen LogP contribution in [0.1, 0.15) is 62.0 Å². The van der Waals surface area contributed by atoms with Gasteiger partial charge in [-0.3, -0.25) is 4.90 Å². The van der Waals surface area contributed by atoms with Gasteiger partial charge in [-0.15, -0.1) is 0 Å². The highest BCUT2D eigenvalue weighted by molar-refractivity contribution is 6.32. The number of piperidine rings is 1. The molecule has 1 aliphatic rings. The van der Waals surface area contributed by atoms with Crippen molar-refractivity contribution in [2.24, 2.45) is 0 Å². The van der Waals surface area contributed by atoms with E-state index in [1.807, 2.05) is 20.8 Å². The van der Waals surface area contributed by atoms with Crippen LogP contribution in [-0.4, -0.2) is 60.2 Å². The number of hydrogen-bond donors (Lipinski definition) is 0. The van der Waals surface area contributed by atoms with Crippen LogP contribution in [0, 0.1) is 0 Å². The number of likely N-dealkylation sites (tertiary alicyclic amines) is 1. The summed E-state index contributed by atoms with van der Waals surface area (Å²) in [6.07, 6.45) is 3.30. The summed E-state index contributed by atoms with van der Waals surface area (Å²) in [5, 5.41) is 0.512. The standard InChI is InChI=1S/C23H33ClN2O4/c1-7-16-12-17(21(27)29-8-2)13-20(24)19(16)15-26-11-9-10-18(14-26)25(6)22(28)30-23(3,4)5/h7,12-13,18H,1,8-11,14-15H2,2-6H3. The monoisotopic (exact) mass is 436 g/mol. The van der Waals surface area contributed by atoms with E-state index >= 15 is 0 Å². The van der Waals surface area contributed by atoms with Crippen LogP contribution in [0.2, 0.25) is 5.02 Å². The third-order valence-corrected chi connectivity index (χ3v) is 5.39. The Kier molecular flexibility index (Phi) is 8.33. The van der Waals surface area contributed by atoms with Gasteiger partial charge in [0.2, 0.25) is 0 Å². The third-order valence-electron chi connectivity index (χ3n) is 5.05. The van der Waals surface area contributed by atoms with Gasteiger partial charge in [-0.05, 0) is 70.3 Å². The predicted octanol–water partition coefficient (Wildman–Crippen LogP) is 4.99. The number of carbonyl (C=O) groups excluding carboxylic acids is 2. The Morgan fingerprint density at radius 3 is 2.67 bits per heavy atom. The van der Waals surface area contributed by atoms with Crippen LogP contribution < -0.4 is 0 Å². The van der Waals surface area contributed by atoms with Crippen molar-refractivity contribution < 1.29 is 19.1 Å². The number of likely N-dealkylation sites (N-methyl/N-ethyl adjacent to an activating group) is 1. The maximum Gasteiger partial charge on any atom is 0.410 e. The van der Waals surface area contributed by atoms with Crippen LogP contribution >= 0.6 is 11.6 Å². The molecule has 0 N–H and O–H groups in total. The molecule has 166 valence electrons. The highest BCUT2D eigenvalue weighted by Crippen LogP contribution is 2.28. The van der Waals surface area contributed by atoms with Gasteiger partial charge in [0, 0.05) is 31.2 Å². The second kappa shape index (κ2) is 10.3. The van der Waals surface area contributed by atoms with Gasteiger partial charge < -0.3 is 14.4 Å². The molecule has 0 spiro atoms. The van der Waals surface area contributed by atoms with Crippen LogP contribution in [0.5, 0.6) is 0 Å². The first-order valence-corrected chi connectivity index (χ1v) is 10.7. The molecule has 1 atom stereocenters. The molecule has 1 fully saturated rings. The SMILES string of the molecule is C=Cc1cc(C(=O)OCC)cc(Cl)c1CN1CCCC(N(C)C(=O)OC(C)(C)C)C1. The molecule has 1 aromatic carbocycles. The van der Waals surface area contributed by atoms with Gasteiger partial charge >= 0.3 is 12.1 Å². The minimum atomic E-state index is -0.521. The zero-order valence-electron chi connectivity index (χ0n) is 18.7. The quantitative estimate of drug-likeness (QED) is 0.588. The van der Waals surface area contributed by atoms with Crippen LogP contribution in [0.3, 0.4) is 0 Å². The summed E-state index contributed by atoms with van der Waals surface area (Å²) in [7, 11) is 1.79. The second-order valence-corrected chi connectivity index (χ2v) is 8.98. The summed E-state index contributed by atoms with van der Waals surface area (Å²) in [4.78, 5) is 28.5. The van der Waals surface area contributed by atoms with Gasteiger partial charge in [0.15, 0.2) is 0 Å². The highest BCUT2D eigenvalue weighted by Gasteiger charge is 2.29. The number of nitrogens with zero attached hydrogens (tertiary/aromatic N) is 2. The number of esters is 1. The van der Waals surface area contributed by atoms with Gasteiger partial charge in [-0.1, -0.05) is 24.3 Å². The topological polar surface area (TPSA) is 59.1 Å². The second-order valence-electron chi connectivity index (χ2n) is 8.57. The first-order valence-electron chi connectivity index (χ1n) is 10.4. The lowest BCUT2D eigenvalue weighted by atomic mass is 10.00. The van der Waals surface area contributed by atoms with Crippen LogP contribution in [0.15, 0.2) is 18.7 Å². The number of rotatable bonds is 6. The molecule has 1 unspecified atom stereocenters. The molecule has 7 heteroatoms. The van der Waals surface area contributed by atoms with Crippen molar-refractivity contribution in [3.8, 4) is 0 Å². The molecular weight excluding hydrogens is 404 g/mol. The normalized spacial score (nSPS) is 17.3. The third kappa shape index (κ3) is 6.47. The van der Waals surface area contributed by atoms with E-state index in [9.17, 15) is 9.59 Å². The van der Waals surface area contributed by atoms with E-state index in [0.29, 0.717) is 23.7 Å². The Bertz CT molecular complexity index is 788. The fourth-order valence-corrected chi connectivity index (χ4v) is 3.82. The molecule has 1 aliphatic heterocycles. The largest absolute Gasteiger partial charge is 0.462 e. The Morgan fingerprint density at radius 1 is 1.37 bits per heavy atom. The Labute approximate surface area is 184 Å². The summed E-state index contributed by atoms with van der Waals surface area (Å²) in [6, 6.07) is 3.48. The summed E-state index contributed by atoms with van der Waals surface area (Å²) in [5.41, 5.74) is 1.63. The molecule has 0 radical (unpaired) electrons. The zero-order chi connectivity index (χ0) is 22.5. The maximum absolute atomic E-state index is 12.4. The lowest BCUT2D eigenvalue weighted by Gasteiger charge is -2.38. The smallest absolute Gasteiger partial charge is 0.410 e. The van der Waals surface area contributed by atoms with Gasteiger partial charge in [0.05, 0.1) is 12.2 Å². The Hall–Kier alpha value is -2.05. The summed E-state index contributed by atoms with van der Waals surface area (Å²) in [5.74, 6) is -0.397. The summed E-state index contributed by atoms with van der Waals surface area (Å²) in [6.45, 7) is 13.8. The number of hydrogen-bond acceptors (Lipinski definition) is 5. The predicted molar refractivity (Wildman–Crippen MR) is 120 cm³/mol. The van der Waals surface area contributed by atoms with Crippen LogP contribution in [0.4, 0.5) is 4.79 Å². The molecule has 6 nitrogen and oxygen atoms in total. The molecule has 30 heavy (non-hydrogen) atoms. The van der Waals surface area contributed by atoms with Crippen molar-refractivity contribution in [2.75, 3.05) is 26.7 Å². The number of amides is 1. The van der Waals surface area contributed by atoms with Crippen molar-refractivity contribution in [1.82, 2.24) is 9.80 Å². The van der Waals surface area contributed by atoms with Crippen molar-refractivity contribution in [1.29, 1.82) is 0 Å². The molecule has 0 aliphatic carbocycles. The van der Waals surface area contributed by atoms with Crippen molar-refractivity contribution in [2.45, 2.75) is 58.7 Å². The zero-order valence-corrected chi connectivity index (χ0v) is 19.4. The van der Waals surface area contributed by atoms with E-state index in [0.717, 1.165) is 37.1 Å². The van der Waals surface area contributed by atoms with E-state index in [4.69, 9.17) is 21.1 Å². The van der Waals surface area contributed by atoms with Gasteiger partial charge in [0.1, 0.15) is 5.60 Å². The molecule has 0 bridgehead atoms. The average molecular weight is 437 g/mol. The number of carbonyl (C=O) groups is 2. The lowest BCUT2D eigenvalue weighted by molar-refractivity contribution is 0.0129. The highest BCUT2D eigenvalue weighted by atomic mass is 35.5. The van der Waals surface area contributed by atoms with E-state index in [2.05, 4.69) is 11.5 Å². The summed E-state index contributed by atoms with van der Waals surface area (Å²) >= 11 is 6.53. The van der Waals surface area contributed by atoms with Crippen molar-refractivity contribution in [3.05, 3.63) is 40.4 Å². The first kappa shape index (κ1) is 24.2. The van der Waals surface area contributed by atoms with Crippen LogP contribution in [-0.2, 0) is 16.0 Å². The Balaban J connectivity index is 2.13. The molecule has 2 rings (SSSR count). The Morgan fingerprint density at radius 2 is 2.07 bits per heavy atom. The maximum atomic E-state index is 12.4. The molecule has 1 aromatic rings. The van der Waals surface area contributed by atoms with Gasteiger partial charge in [0.25, 0.3) is 0 Å². The molecule has 1 saturated heterocycles. The molecular formula is C23H33ClN2O4. The number of benzene rings is 1. The number of halogens is 1. The van der Waals surface area contributed by atoms with E-state index in [1.54, 1.807) is 37.1 Å². The average Bonchev–Trinajstić information content (AvgIpc) is 2.67. The molecule has 0 aromatic heterocycles. The van der Waals surface area contributed by atoms with Gasteiger partial charge in [-0.2, -0.15) is 0 Å². The number of ether oxygens (including phenoxy) is 2. The van der Waals surface area contributed by atoms with Crippen molar-refractivity contribution >= 4 is 29.7 Å². The minimum absolute atomic E-state index is 0.0679. The first-order chi connectivity index (χ1) is 14.1. The van der Waals surface area contributed by atoms with Crippen LogP contribution in [0.25, 0.3) is 6.08 Å². The fourth-order valence-electron chi connectivity index (χ4n) is 3.54. The van der Waals surface area contributed by atoms with E-state index < -0.39 is 11.6 Å². The molecule has 0 saturated carbocycles. The lowest BCUT2D eigenvalue weighted by Crippen LogP contribution is -2.49. The van der Waals surface area contributed by atoms with Gasteiger partial charge in [-0.25, -0.2) is 9.59 Å². The van der Waals surface area contributed by atoms with E-state index in [1.165, 1.54) is 0 Å². The van der Waals surface area contributed by atoms with E-state index in [-0.39, 0.29) is 12.1 Å². The molecule has 1 amide bonds.